The van der Waals surface area contributed by atoms with E-state index in [4.69, 9.17) is 5.73 Å². The van der Waals surface area contributed by atoms with Crippen molar-refractivity contribution >= 4 is 5.91 Å². The van der Waals surface area contributed by atoms with Crippen molar-refractivity contribution in [1.82, 2.24) is 4.90 Å². The lowest BCUT2D eigenvalue weighted by Gasteiger charge is -2.37. The van der Waals surface area contributed by atoms with E-state index in [9.17, 15) is 4.79 Å². The predicted octanol–water partition coefficient (Wildman–Crippen LogP) is 2.40. The zero-order chi connectivity index (χ0) is 13.0. The molecule has 0 saturated heterocycles. The monoisotopic (exact) mass is 240 g/mol. The van der Waals surface area contributed by atoms with Gasteiger partial charge in [-0.2, -0.15) is 0 Å². The SMILES string of the molecule is CCN(C(=O)C(C)C(C)C)C1CCC(N)CC1. The molecule has 0 radical (unpaired) electrons. The molecule has 0 aromatic carbocycles. The molecule has 0 bridgehead atoms. The Morgan fingerprint density at radius 3 is 2.18 bits per heavy atom. The van der Waals surface area contributed by atoms with Crippen LogP contribution in [0.1, 0.15) is 53.4 Å². The van der Waals surface area contributed by atoms with Crippen LogP contribution in [-0.4, -0.2) is 29.4 Å². The Bertz CT molecular complexity index is 245. The van der Waals surface area contributed by atoms with Crippen molar-refractivity contribution in [2.45, 2.75) is 65.5 Å². The summed E-state index contributed by atoms with van der Waals surface area (Å²) in [6.45, 7) is 9.19. The fourth-order valence-electron chi connectivity index (χ4n) is 2.55. The molecular weight excluding hydrogens is 212 g/mol. The highest BCUT2D eigenvalue weighted by molar-refractivity contribution is 5.79. The highest BCUT2D eigenvalue weighted by atomic mass is 16.2. The number of hydrogen-bond donors (Lipinski definition) is 1. The lowest BCUT2D eigenvalue weighted by atomic mass is 9.89. The largest absolute Gasteiger partial charge is 0.340 e. The minimum absolute atomic E-state index is 0.130. The molecule has 0 heterocycles. The first-order valence-corrected chi connectivity index (χ1v) is 7.03. The molecule has 2 N–H and O–H groups in total. The second kappa shape index (κ2) is 6.39. The molecule has 3 nitrogen and oxygen atoms in total. The zero-order valence-electron chi connectivity index (χ0n) is 11.8. The molecule has 1 unspecified atom stereocenters. The van der Waals surface area contributed by atoms with Crippen molar-refractivity contribution < 1.29 is 4.79 Å². The molecule has 1 amide bonds. The van der Waals surface area contributed by atoms with Gasteiger partial charge in [0.15, 0.2) is 0 Å². The van der Waals surface area contributed by atoms with Gasteiger partial charge in [-0.25, -0.2) is 0 Å². The maximum Gasteiger partial charge on any atom is 0.225 e. The van der Waals surface area contributed by atoms with Crippen LogP contribution in [0.3, 0.4) is 0 Å². The molecular formula is C14H28N2O. The Labute approximate surface area is 106 Å². The molecule has 1 saturated carbocycles. The van der Waals surface area contributed by atoms with E-state index in [1.807, 2.05) is 6.92 Å². The van der Waals surface area contributed by atoms with Gasteiger partial charge in [-0.3, -0.25) is 4.79 Å². The Balaban J connectivity index is 2.61. The smallest absolute Gasteiger partial charge is 0.225 e. The first-order chi connectivity index (χ1) is 7.97. The van der Waals surface area contributed by atoms with E-state index in [1.54, 1.807) is 0 Å². The van der Waals surface area contributed by atoms with Crippen LogP contribution in [-0.2, 0) is 4.79 Å². The minimum Gasteiger partial charge on any atom is -0.340 e. The molecule has 1 rings (SSSR count). The molecule has 17 heavy (non-hydrogen) atoms. The van der Waals surface area contributed by atoms with Crippen molar-refractivity contribution in [2.24, 2.45) is 17.6 Å². The highest BCUT2D eigenvalue weighted by Gasteiger charge is 2.29. The van der Waals surface area contributed by atoms with Gasteiger partial charge in [0.1, 0.15) is 0 Å². The van der Waals surface area contributed by atoms with Crippen LogP contribution < -0.4 is 5.73 Å². The molecule has 1 aliphatic rings. The third-order valence-electron chi connectivity index (χ3n) is 4.20. The predicted molar refractivity (Wildman–Crippen MR) is 71.6 cm³/mol. The Morgan fingerprint density at radius 1 is 1.24 bits per heavy atom. The number of nitrogens with two attached hydrogens (primary N) is 1. The average molecular weight is 240 g/mol. The Hall–Kier alpha value is -0.570. The number of hydrogen-bond acceptors (Lipinski definition) is 2. The van der Waals surface area contributed by atoms with E-state index < -0.39 is 0 Å². The lowest BCUT2D eigenvalue weighted by Crippen LogP contribution is -2.46. The van der Waals surface area contributed by atoms with Gasteiger partial charge in [0.25, 0.3) is 0 Å². The maximum atomic E-state index is 12.4. The third kappa shape index (κ3) is 3.70. The maximum absolute atomic E-state index is 12.4. The van der Waals surface area contributed by atoms with Gasteiger partial charge >= 0.3 is 0 Å². The average Bonchev–Trinajstić information content (AvgIpc) is 2.31. The summed E-state index contributed by atoms with van der Waals surface area (Å²) in [6, 6.07) is 0.774. The second-order valence-electron chi connectivity index (χ2n) is 5.73. The molecule has 100 valence electrons. The first kappa shape index (κ1) is 14.5. The molecule has 3 heteroatoms. The molecule has 0 aliphatic heterocycles. The van der Waals surface area contributed by atoms with Crippen molar-refractivity contribution in [2.75, 3.05) is 6.54 Å². The van der Waals surface area contributed by atoms with E-state index in [-0.39, 0.29) is 5.92 Å². The summed E-state index contributed by atoms with van der Waals surface area (Å²) >= 11 is 0. The molecule has 0 spiro atoms. The summed E-state index contributed by atoms with van der Waals surface area (Å²) in [6.07, 6.45) is 4.27. The summed E-state index contributed by atoms with van der Waals surface area (Å²) in [4.78, 5) is 14.5. The fourth-order valence-corrected chi connectivity index (χ4v) is 2.55. The molecule has 0 aromatic heterocycles. The Kier molecular flexibility index (Phi) is 5.44. The molecule has 1 aliphatic carbocycles. The quantitative estimate of drug-likeness (QED) is 0.820. The standard InChI is InChI=1S/C14H28N2O/c1-5-16(14(17)11(4)10(2)3)13-8-6-12(15)7-9-13/h10-13H,5-9,15H2,1-4H3. The lowest BCUT2D eigenvalue weighted by molar-refractivity contribution is -0.139. The summed E-state index contributed by atoms with van der Waals surface area (Å²) in [5, 5.41) is 0. The van der Waals surface area contributed by atoms with Crippen LogP contribution in [0.25, 0.3) is 0 Å². The van der Waals surface area contributed by atoms with Crippen LogP contribution in [0.5, 0.6) is 0 Å². The summed E-state index contributed by atoms with van der Waals surface area (Å²) in [5.74, 6) is 0.871. The number of carbonyl (C=O) groups excluding carboxylic acids is 1. The second-order valence-corrected chi connectivity index (χ2v) is 5.73. The fraction of sp³-hybridized carbons (Fsp3) is 0.929. The van der Waals surface area contributed by atoms with Crippen molar-refractivity contribution in [3.05, 3.63) is 0 Å². The normalized spacial score (nSPS) is 26.9. The summed E-state index contributed by atoms with van der Waals surface area (Å²) in [5.41, 5.74) is 5.92. The molecule has 1 atom stereocenters. The van der Waals surface area contributed by atoms with Crippen molar-refractivity contribution in [3.63, 3.8) is 0 Å². The van der Waals surface area contributed by atoms with Crippen LogP contribution in [0, 0.1) is 11.8 Å². The van der Waals surface area contributed by atoms with E-state index >= 15 is 0 Å². The topological polar surface area (TPSA) is 46.3 Å². The van der Waals surface area contributed by atoms with Gasteiger partial charge in [-0.05, 0) is 38.5 Å². The first-order valence-electron chi connectivity index (χ1n) is 7.03. The van der Waals surface area contributed by atoms with E-state index in [2.05, 4.69) is 25.7 Å². The van der Waals surface area contributed by atoms with E-state index in [0.29, 0.717) is 23.9 Å². The molecule has 0 aromatic rings. The van der Waals surface area contributed by atoms with E-state index in [0.717, 1.165) is 32.2 Å². The van der Waals surface area contributed by atoms with Crippen molar-refractivity contribution in [3.8, 4) is 0 Å². The van der Waals surface area contributed by atoms with Gasteiger partial charge in [0, 0.05) is 24.5 Å². The van der Waals surface area contributed by atoms with Gasteiger partial charge in [-0.1, -0.05) is 20.8 Å². The van der Waals surface area contributed by atoms with Crippen LogP contribution in [0.4, 0.5) is 0 Å². The number of amides is 1. The van der Waals surface area contributed by atoms with E-state index in [1.165, 1.54) is 0 Å². The van der Waals surface area contributed by atoms with Crippen molar-refractivity contribution in [1.29, 1.82) is 0 Å². The minimum atomic E-state index is 0.130. The number of rotatable bonds is 4. The van der Waals surface area contributed by atoms with Gasteiger partial charge in [0.2, 0.25) is 5.91 Å². The number of carbonyl (C=O) groups is 1. The third-order valence-corrected chi connectivity index (χ3v) is 4.20. The summed E-state index contributed by atoms with van der Waals surface area (Å²) < 4.78 is 0. The van der Waals surface area contributed by atoms with Crippen LogP contribution in [0.2, 0.25) is 0 Å². The van der Waals surface area contributed by atoms with Gasteiger partial charge in [0.05, 0.1) is 0 Å². The summed E-state index contributed by atoms with van der Waals surface area (Å²) in [7, 11) is 0. The molecule has 1 fully saturated rings. The van der Waals surface area contributed by atoms with Crippen LogP contribution in [0.15, 0.2) is 0 Å². The Morgan fingerprint density at radius 2 is 1.76 bits per heavy atom. The van der Waals surface area contributed by atoms with Crippen LogP contribution >= 0.6 is 0 Å². The van der Waals surface area contributed by atoms with Gasteiger partial charge < -0.3 is 10.6 Å². The number of nitrogens with zero attached hydrogens (tertiary/aromatic N) is 1. The highest BCUT2D eigenvalue weighted by Crippen LogP contribution is 2.24. The zero-order valence-corrected chi connectivity index (χ0v) is 11.8. The van der Waals surface area contributed by atoms with Gasteiger partial charge in [-0.15, -0.1) is 0 Å².